The first-order valence-corrected chi connectivity index (χ1v) is 8.55. The Kier molecular flexibility index (Phi) is 5.80. The van der Waals surface area contributed by atoms with Crippen LogP contribution in [-0.4, -0.2) is 46.0 Å². The van der Waals surface area contributed by atoms with Gasteiger partial charge in [-0.05, 0) is 59.6 Å². The molecule has 24 heavy (non-hydrogen) atoms. The maximum atomic E-state index is 12.5. The Labute approximate surface area is 143 Å². The molecule has 1 N–H and O–H groups in total. The van der Waals surface area contributed by atoms with E-state index >= 15 is 0 Å². The highest BCUT2D eigenvalue weighted by molar-refractivity contribution is 5.92. The summed E-state index contributed by atoms with van der Waals surface area (Å²) in [4.78, 5) is 30.7. The van der Waals surface area contributed by atoms with Crippen LogP contribution in [0.3, 0.4) is 0 Å². The van der Waals surface area contributed by atoms with Gasteiger partial charge in [0.15, 0.2) is 6.10 Å². The van der Waals surface area contributed by atoms with Crippen LogP contribution < -0.4 is 5.32 Å². The van der Waals surface area contributed by atoms with Crippen molar-refractivity contribution in [3.63, 3.8) is 0 Å². The Morgan fingerprint density at radius 1 is 1.17 bits per heavy atom. The van der Waals surface area contributed by atoms with Gasteiger partial charge in [0.2, 0.25) is 0 Å². The molecule has 1 saturated carbocycles. The summed E-state index contributed by atoms with van der Waals surface area (Å²) in [7, 11) is 0. The summed E-state index contributed by atoms with van der Waals surface area (Å²) in [5.74, 6) is 0.0334. The Bertz CT molecular complexity index is 572. The summed E-state index contributed by atoms with van der Waals surface area (Å²) in [6, 6.07) is 4.03. The molecule has 1 aromatic heterocycles. The van der Waals surface area contributed by atoms with E-state index in [4.69, 9.17) is 4.74 Å². The van der Waals surface area contributed by atoms with E-state index in [9.17, 15) is 9.59 Å². The maximum absolute atomic E-state index is 12.5. The number of nitrogens with zero attached hydrogens (tertiary/aromatic N) is 2. The van der Waals surface area contributed by atoms with Crippen LogP contribution in [-0.2, 0) is 9.53 Å². The quantitative estimate of drug-likeness (QED) is 0.777. The van der Waals surface area contributed by atoms with E-state index in [-0.39, 0.29) is 18.0 Å². The van der Waals surface area contributed by atoms with E-state index < -0.39 is 12.1 Å². The number of carbonyl (C=O) groups excluding carboxylic acids is 2. The number of pyridine rings is 1. The van der Waals surface area contributed by atoms with Crippen molar-refractivity contribution in [3.05, 3.63) is 23.9 Å². The van der Waals surface area contributed by atoms with Crippen LogP contribution in [0, 0.1) is 0 Å². The summed E-state index contributed by atoms with van der Waals surface area (Å²) >= 11 is 0. The highest BCUT2D eigenvalue weighted by Crippen LogP contribution is 2.23. The molecule has 6 nitrogen and oxygen atoms in total. The first-order valence-electron chi connectivity index (χ1n) is 8.55. The highest BCUT2D eigenvalue weighted by Gasteiger charge is 2.28. The zero-order chi connectivity index (χ0) is 17.9. The van der Waals surface area contributed by atoms with Crippen LogP contribution in [0.15, 0.2) is 18.3 Å². The van der Waals surface area contributed by atoms with Crippen molar-refractivity contribution in [3.8, 4) is 0 Å². The number of rotatable bonds is 7. The molecule has 132 valence electrons. The SMILES string of the molecule is CC(OC(=O)c1ccc(NC2CC2)nc1)C(=O)N(C(C)C)C(C)C. The van der Waals surface area contributed by atoms with Crippen LogP contribution in [0.5, 0.6) is 0 Å². The molecule has 1 aromatic rings. The summed E-state index contributed by atoms with van der Waals surface area (Å²) < 4.78 is 5.32. The smallest absolute Gasteiger partial charge is 0.340 e. The number of anilines is 1. The lowest BCUT2D eigenvalue weighted by Gasteiger charge is -2.32. The van der Waals surface area contributed by atoms with Gasteiger partial charge in [0.05, 0.1) is 5.56 Å². The van der Waals surface area contributed by atoms with Gasteiger partial charge in [-0.25, -0.2) is 9.78 Å². The normalized spacial score (nSPS) is 15.3. The second-order valence-electron chi connectivity index (χ2n) is 6.83. The molecular formula is C18H27N3O3. The fourth-order valence-corrected chi connectivity index (χ4v) is 2.63. The van der Waals surface area contributed by atoms with Crippen LogP contribution in [0.2, 0.25) is 0 Å². The molecule has 1 fully saturated rings. The molecule has 1 unspecified atom stereocenters. The molecule has 1 heterocycles. The van der Waals surface area contributed by atoms with Gasteiger partial charge in [-0.1, -0.05) is 0 Å². The van der Waals surface area contributed by atoms with E-state index in [0.29, 0.717) is 11.6 Å². The summed E-state index contributed by atoms with van der Waals surface area (Å²) in [5, 5.41) is 3.26. The molecule has 0 bridgehead atoms. The van der Waals surface area contributed by atoms with E-state index in [1.807, 2.05) is 27.7 Å². The fraction of sp³-hybridized carbons (Fsp3) is 0.611. The topological polar surface area (TPSA) is 71.5 Å². The number of ether oxygens (including phenoxy) is 1. The third kappa shape index (κ3) is 4.69. The highest BCUT2D eigenvalue weighted by atomic mass is 16.5. The minimum atomic E-state index is -0.827. The molecule has 6 heteroatoms. The number of esters is 1. The van der Waals surface area contributed by atoms with Crippen LogP contribution in [0.1, 0.15) is 57.8 Å². The van der Waals surface area contributed by atoms with Crippen molar-refractivity contribution < 1.29 is 14.3 Å². The third-order valence-electron chi connectivity index (χ3n) is 3.93. The predicted molar refractivity (Wildman–Crippen MR) is 92.9 cm³/mol. The van der Waals surface area contributed by atoms with Crippen LogP contribution in [0.4, 0.5) is 5.82 Å². The molecule has 0 spiro atoms. The lowest BCUT2D eigenvalue weighted by molar-refractivity contribution is -0.143. The van der Waals surface area contributed by atoms with Crippen molar-refractivity contribution in [1.82, 2.24) is 9.88 Å². The van der Waals surface area contributed by atoms with Crippen molar-refractivity contribution in [2.75, 3.05) is 5.32 Å². The average molecular weight is 333 g/mol. The predicted octanol–water partition coefficient (Wildman–Crippen LogP) is 2.85. The Morgan fingerprint density at radius 3 is 2.25 bits per heavy atom. The lowest BCUT2D eigenvalue weighted by Crippen LogP contribution is -2.47. The lowest BCUT2D eigenvalue weighted by atomic mass is 10.2. The molecule has 2 rings (SSSR count). The molecule has 0 aliphatic heterocycles. The molecule has 1 aliphatic carbocycles. The molecule has 1 aliphatic rings. The van der Waals surface area contributed by atoms with Gasteiger partial charge >= 0.3 is 5.97 Å². The molecule has 0 saturated heterocycles. The van der Waals surface area contributed by atoms with Crippen molar-refractivity contribution in [1.29, 1.82) is 0 Å². The first kappa shape index (κ1) is 18.2. The van der Waals surface area contributed by atoms with E-state index in [2.05, 4.69) is 10.3 Å². The largest absolute Gasteiger partial charge is 0.449 e. The number of carbonyl (C=O) groups is 2. The number of hydrogen-bond donors (Lipinski definition) is 1. The monoisotopic (exact) mass is 333 g/mol. The number of hydrogen-bond acceptors (Lipinski definition) is 5. The van der Waals surface area contributed by atoms with Crippen LogP contribution >= 0.6 is 0 Å². The Morgan fingerprint density at radius 2 is 1.79 bits per heavy atom. The van der Waals surface area contributed by atoms with Gasteiger partial charge < -0.3 is 15.0 Å². The van der Waals surface area contributed by atoms with Crippen LogP contribution in [0.25, 0.3) is 0 Å². The second-order valence-corrected chi connectivity index (χ2v) is 6.83. The Hall–Kier alpha value is -2.11. The van der Waals surface area contributed by atoms with E-state index in [1.54, 1.807) is 24.0 Å². The molecule has 1 amide bonds. The van der Waals surface area contributed by atoms with Gasteiger partial charge in [0.25, 0.3) is 5.91 Å². The summed E-state index contributed by atoms with van der Waals surface area (Å²) in [6.45, 7) is 9.39. The van der Waals surface area contributed by atoms with E-state index in [1.165, 1.54) is 6.20 Å². The molecule has 1 atom stereocenters. The minimum absolute atomic E-state index is 0.0492. The third-order valence-corrected chi connectivity index (χ3v) is 3.93. The number of amides is 1. The number of nitrogens with one attached hydrogen (secondary N) is 1. The zero-order valence-electron chi connectivity index (χ0n) is 15.1. The van der Waals surface area contributed by atoms with Gasteiger partial charge in [-0.2, -0.15) is 0 Å². The Balaban J connectivity index is 1.95. The van der Waals surface area contributed by atoms with Gasteiger partial charge in [-0.3, -0.25) is 4.79 Å². The van der Waals surface area contributed by atoms with Crippen molar-refractivity contribution >= 4 is 17.7 Å². The molecule has 0 aromatic carbocycles. The van der Waals surface area contributed by atoms with Gasteiger partial charge in [0, 0.05) is 24.3 Å². The summed E-state index contributed by atoms with van der Waals surface area (Å²) in [6.07, 6.45) is 2.97. The number of aromatic nitrogens is 1. The van der Waals surface area contributed by atoms with Gasteiger partial charge in [0.1, 0.15) is 5.82 Å². The molecular weight excluding hydrogens is 306 g/mol. The standard InChI is InChI=1S/C18H27N3O3/c1-11(2)21(12(3)4)17(22)13(5)24-18(23)14-6-9-16(19-10-14)20-15-7-8-15/h6,9-13,15H,7-8H2,1-5H3,(H,19,20). The van der Waals surface area contributed by atoms with Crippen molar-refractivity contribution in [2.45, 2.75) is 71.7 Å². The summed E-state index contributed by atoms with van der Waals surface area (Å²) in [5.41, 5.74) is 0.344. The second kappa shape index (κ2) is 7.64. The zero-order valence-corrected chi connectivity index (χ0v) is 15.1. The first-order chi connectivity index (χ1) is 11.3. The molecule has 0 radical (unpaired) electrons. The fourth-order valence-electron chi connectivity index (χ4n) is 2.63. The van der Waals surface area contributed by atoms with E-state index in [0.717, 1.165) is 18.7 Å². The van der Waals surface area contributed by atoms with Crippen molar-refractivity contribution in [2.24, 2.45) is 0 Å². The minimum Gasteiger partial charge on any atom is -0.449 e. The van der Waals surface area contributed by atoms with Gasteiger partial charge in [-0.15, -0.1) is 0 Å². The maximum Gasteiger partial charge on any atom is 0.340 e. The average Bonchev–Trinajstić information content (AvgIpc) is 3.31.